The van der Waals surface area contributed by atoms with Crippen molar-refractivity contribution in [2.75, 3.05) is 6.16 Å². The Hall–Kier alpha value is -2.46. The first-order valence-electron chi connectivity index (χ1n) is 7.67. The van der Waals surface area contributed by atoms with E-state index in [1.807, 2.05) is 6.08 Å². The quantitative estimate of drug-likeness (QED) is 0.547. The number of hydrogen-bond acceptors (Lipinski definition) is 1. The molecule has 0 aliphatic rings. The summed E-state index contributed by atoms with van der Waals surface area (Å²) in [7, 11) is -1.81. The van der Waals surface area contributed by atoms with Gasteiger partial charge in [0.25, 0.3) is 0 Å². The Morgan fingerprint density at radius 3 is 1.30 bits per heavy atom. The molecule has 0 fully saturated rings. The smallest absolute Gasteiger partial charge is 0.116 e. The van der Waals surface area contributed by atoms with Crippen LogP contribution in [0.4, 0.5) is 0 Å². The van der Waals surface area contributed by atoms with E-state index in [0.717, 1.165) is 6.16 Å². The monoisotopic (exact) mass is 316 g/mol. The van der Waals surface area contributed by atoms with Gasteiger partial charge in [-0.05, 0) is 42.3 Å². The maximum atomic E-state index is 7.38. The Kier molecular flexibility index (Phi) is 4.83. The first-order chi connectivity index (χ1) is 11.4. The number of rotatable bonds is 5. The van der Waals surface area contributed by atoms with Gasteiger partial charge in [0.15, 0.2) is 0 Å². The largest absolute Gasteiger partial charge is 0.259 e. The lowest BCUT2D eigenvalue weighted by Crippen LogP contribution is -2.32. The Morgan fingerprint density at radius 2 is 1.00 bits per heavy atom. The van der Waals surface area contributed by atoms with Crippen LogP contribution >= 0.6 is 7.26 Å². The highest BCUT2D eigenvalue weighted by molar-refractivity contribution is 7.95. The van der Waals surface area contributed by atoms with Gasteiger partial charge in [0.1, 0.15) is 29.3 Å². The second-order valence-corrected chi connectivity index (χ2v) is 8.88. The summed E-state index contributed by atoms with van der Waals surface area (Å²) in [6.07, 6.45) is 2.68. The molecule has 112 valence electrons. The molecule has 1 nitrogen and oxygen atoms in total. The van der Waals surface area contributed by atoms with Crippen LogP contribution in [-0.4, -0.2) is 12.0 Å². The van der Waals surface area contributed by atoms with Crippen molar-refractivity contribution in [3.05, 3.63) is 97.1 Å². The summed E-state index contributed by atoms with van der Waals surface area (Å²) in [6.45, 7) is 0. The van der Waals surface area contributed by atoms with Crippen molar-refractivity contribution in [1.29, 1.82) is 5.41 Å². The van der Waals surface area contributed by atoms with E-state index < -0.39 is 7.26 Å². The van der Waals surface area contributed by atoms with Crippen LogP contribution in [0.1, 0.15) is 0 Å². The summed E-state index contributed by atoms with van der Waals surface area (Å²) < 4.78 is 0. The van der Waals surface area contributed by atoms with E-state index >= 15 is 0 Å². The third kappa shape index (κ3) is 3.03. The molecule has 3 aromatic carbocycles. The van der Waals surface area contributed by atoms with Crippen LogP contribution in [0.25, 0.3) is 0 Å². The maximum absolute atomic E-state index is 7.38. The van der Waals surface area contributed by atoms with Crippen molar-refractivity contribution < 1.29 is 0 Å². The molecule has 23 heavy (non-hydrogen) atoms. The van der Waals surface area contributed by atoms with Crippen LogP contribution in [0, 0.1) is 5.41 Å². The molecule has 2 heteroatoms. The molecule has 0 amide bonds. The molecule has 3 rings (SSSR count). The average Bonchev–Trinajstić information content (AvgIpc) is 2.65. The molecule has 0 radical (unpaired) electrons. The zero-order valence-corrected chi connectivity index (χ0v) is 13.8. The zero-order valence-electron chi connectivity index (χ0n) is 12.9. The lowest BCUT2D eigenvalue weighted by Gasteiger charge is -2.26. The summed E-state index contributed by atoms with van der Waals surface area (Å²) in [5, 5.41) is 11.4. The lowest BCUT2D eigenvalue weighted by atomic mass is 10.4. The first kappa shape index (κ1) is 15.4. The molecule has 0 aromatic heterocycles. The van der Waals surface area contributed by atoms with Gasteiger partial charge >= 0.3 is 0 Å². The zero-order chi connectivity index (χ0) is 16.0. The number of nitrogens with one attached hydrogen (secondary N) is 1. The predicted molar refractivity (Wildman–Crippen MR) is 102 cm³/mol. The Bertz CT molecular complexity index is 694. The normalized spacial score (nSPS) is 10.8. The third-order valence-corrected chi connectivity index (χ3v) is 8.33. The lowest BCUT2D eigenvalue weighted by molar-refractivity contribution is 1.58. The summed E-state index contributed by atoms with van der Waals surface area (Å²) in [6, 6.07) is 32.1. The second kappa shape index (κ2) is 7.20. The number of benzene rings is 3. The molecule has 0 aliphatic heterocycles. The average molecular weight is 316 g/mol. The summed E-state index contributed by atoms with van der Waals surface area (Å²) in [4.78, 5) is 0. The van der Waals surface area contributed by atoms with E-state index in [2.05, 4.69) is 96.9 Å². The van der Waals surface area contributed by atoms with E-state index in [1.54, 1.807) is 0 Å². The number of hydrogen-bond donors (Lipinski definition) is 1. The highest BCUT2D eigenvalue weighted by Gasteiger charge is 2.44. The SMILES string of the molecule is N=C=CC[P+](c1ccccc1)(c1ccccc1)c1ccccc1. The summed E-state index contributed by atoms with van der Waals surface area (Å²) >= 11 is 0. The van der Waals surface area contributed by atoms with Gasteiger partial charge in [-0.2, -0.15) is 0 Å². The molecular weight excluding hydrogens is 297 g/mol. The van der Waals surface area contributed by atoms with Gasteiger partial charge in [0, 0.05) is 6.08 Å². The highest BCUT2D eigenvalue weighted by Crippen LogP contribution is 2.55. The molecule has 1 N–H and O–H groups in total. The molecule has 0 saturated heterocycles. The minimum Gasteiger partial charge on any atom is -0.259 e. The van der Waals surface area contributed by atoms with Crippen LogP contribution in [0.15, 0.2) is 97.1 Å². The number of allylic oxidation sites excluding steroid dienone is 1. The molecule has 0 bridgehead atoms. The van der Waals surface area contributed by atoms with Crippen molar-refractivity contribution in [1.82, 2.24) is 0 Å². The second-order valence-electron chi connectivity index (χ2n) is 5.35. The van der Waals surface area contributed by atoms with Gasteiger partial charge in [0.2, 0.25) is 0 Å². The van der Waals surface area contributed by atoms with Gasteiger partial charge in [-0.25, -0.2) is 0 Å². The first-order valence-corrected chi connectivity index (χ1v) is 9.64. The van der Waals surface area contributed by atoms with E-state index in [9.17, 15) is 0 Å². The van der Waals surface area contributed by atoms with E-state index in [-0.39, 0.29) is 0 Å². The van der Waals surface area contributed by atoms with Crippen LogP contribution in [0.2, 0.25) is 0 Å². The van der Waals surface area contributed by atoms with E-state index in [4.69, 9.17) is 5.41 Å². The third-order valence-electron chi connectivity index (χ3n) is 4.06. The molecule has 0 atom stereocenters. The fraction of sp³-hybridized carbons (Fsp3) is 0.0476. The molecule has 0 aliphatic carbocycles. The molecule has 0 heterocycles. The standard InChI is InChI=1S/C21H19NP/c22-17-10-18-23(19-11-4-1-5-12-19,20-13-6-2-7-14-20)21-15-8-3-9-16-21/h1-16,22H,18H2/q+1. The van der Waals surface area contributed by atoms with Gasteiger partial charge in [-0.15, -0.1) is 0 Å². The minimum absolute atomic E-state index is 0.814. The fourth-order valence-corrected chi connectivity index (χ4v) is 6.93. The van der Waals surface area contributed by atoms with E-state index in [1.165, 1.54) is 15.9 Å². The van der Waals surface area contributed by atoms with Crippen molar-refractivity contribution >= 4 is 29.0 Å². The van der Waals surface area contributed by atoms with Crippen molar-refractivity contribution in [2.24, 2.45) is 0 Å². The van der Waals surface area contributed by atoms with E-state index in [0.29, 0.717) is 0 Å². The molecular formula is C21H19NP+. The predicted octanol–water partition coefficient (Wildman–Crippen LogP) is 3.79. The Labute approximate surface area is 138 Å². The highest BCUT2D eigenvalue weighted by atomic mass is 31.2. The minimum atomic E-state index is -1.81. The van der Waals surface area contributed by atoms with Crippen molar-refractivity contribution in [3.63, 3.8) is 0 Å². The van der Waals surface area contributed by atoms with Gasteiger partial charge in [-0.3, -0.25) is 5.41 Å². The maximum Gasteiger partial charge on any atom is 0.116 e. The Balaban J connectivity index is 2.32. The fourth-order valence-electron chi connectivity index (χ4n) is 2.99. The summed E-state index contributed by atoms with van der Waals surface area (Å²) in [5.41, 5.74) is 0. The Morgan fingerprint density at radius 1 is 0.652 bits per heavy atom. The molecule has 0 unspecified atom stereocenters. The van der Waals surface area contributed by atoms with Crippen LogP contribution < -0.4 is 15.9 Å². The van der Waals surface area contributed by atoms with Crippen LogP contribution in [0.5, 0.6) is 0 Å². The van der Waals surface area contributed by atoms with Gasteiger partial charge in [0.05, 0.1) is 0 Å². The van der Waals surface area contributed by atoms with Crippen molar-refractivity contribution in [2.45, 2.75) is 0 Å². The van der Waals surface area contributed by atoms with Gasteiger partial charge < -0.3 is 0 Å². The van der Waals surface area contributed by atoms with Crippen LogP contribution in [-0.2, 0) is 0 Å². The molecule has 0 saturated carbocycles. The van der Waals surface area contributed by atoms with Crippen LogP contribution in [0.3, 0.4) is 0 Å². The summed E-state index contributed by atoms with van der Waals surface area (Å²) in [5.74, 6) is 2.49. The van der Waals surface area contributed by atoms with Gasteiger partial charge in [-0.1, -0.05) is 54.6 Å². The topological polar surface area (TPSA) is 23.9 Å². The molecule has 0 spiro atoms. The molecule has 3 aromatic rings. The van der Waals surface area contributed by atoms with Crippen molar-refractivity contribution in [3.8, 4) is 0 Å².